The standard InChI is InChI=1S/C26H35N3O3S/c1-3-32-19-9-16-27-26(31)21-14-17-29(18-15-21)20(2)25(30)28-23-12-7-8-13-24(23)33-22-10-5-4-6-11-22/h4-8,10-13,20-21H,3,9,14-19H2,1-2H3,(H,27,31)(H,28,30). The van der Waals surface area contributed by atoms with Crippen molar-refractivity contribution >= 4 is 29.3 Å². The molecule has 1 unspecified atom stereocenters. The summed E-state index contributed by atoms with van der Waals surface area (Å²) in [4.78, 5) is 29.7. The van der Waals surface area contributed by atoms with Gasteiger partial charge < -0.3 is 15.4 Å². The second kappa shape index (κ2) is 13.4. The summed E-state index contributed by atoms with van der Waals surface area (Å²) < 4.78 is 5.31. The van der Waals surface area contributed by atoms with Crippen LogP contribution in [0.2, 0.25) is 0 Å². The summed E-state index contributed by atoms with van der Waals surface area (Å²) in [5.74, 6) is 0.122. The molecule has 0 spiro atoms. The summed E-state index contributed by atoms with van der Waals surface area (Å²) in [6.07, 6.45) is 2.38. The predicted molar refractivity (Wildman–Crippen MR) is 134 cm³/mol. The molecule has 2 aromatic rings. The molecule has 2 N–H and O–H groups in total. The molecular weight excluding hydrogens is 434 g/mol. The minimum absolute atomic E-state index is 0.0186. The van der Waals surface area contributed by atoms with Gasteiger partial charge in [-0.15, -0.1) is 0 Å². The van der Waals surface area contributed by atoms with Crippen LogP contribution in [0.25, 0.3) is 0 Å². The van der Waals surface area contributed by atoms with E-state index in [-0.39, 0.29) is 23.8 Å². The van der Waals surface area contributed by atoms with Crippen molar-refractivity contribution < 1.29 is 14.3 Å². The fourth-order valence-corrected chi connectivity index (χ4v) is 4.82. The molecule has 6 nitrogen and oxygen atoms in total. The number of likely N-dealkylation sites (tertiary alicyclic amines) is 1. The van der Waals surface area contributed by atoms with E-state index in [9.17, 15) is 9.59 Å². The smallest absolute Gasteiger partial charge is 0.241 e. The van der Waals surface area contributed by atoms with Crippen molar-refractivity contribution in [2.45, 2.75) is 48.9 Å². The summed E-state index contributed by atoms with van der Waals surface area (Å²) >= 11 is 1.64. The van der Waals surface area contributed by atoms with Crippen LogP contribution in [0.1, 0.15) is 33.1 Å². The van der Waals surface area contributed by atoms with Gasteiger partial charge in [0.25, 0.3) is 0 Å². The van der Waals surface area contributed by atoms with Crippen molar-refractivity contribution in [1.29, 1.82) is 0 Å². The Hall–Kier alpha value is -2.35. The zero-order valence-corrected chi connectivity index (χ0v) is 20.4. The summed E-state index contributed by atoms with van der Waals surface area (Å²) in [5, 5.41) is 6.13. The number of carbonyl (C=O) groups excluding carboxylic acids is 2. The summed E-state index contributed by atoms with van der Waals surface area (Å²) in [7, 11) is 0. The SMILES string of the molecule is CCOCCCNC(=O)C1CCN(C(C)C(=O)Nc2ccccc2Sc2ccccc2)CC1. The molecule has 1 saturated heterocycles. The molecule has 178 valence electrons. The van der Waals surface area contributed by atoms with Crippen LogP contribution in [0.15, 0.2) is 64.4 Å². The first-order valence-electron chi connectivity index (χ1n) is 11.8. The molecule has 1 atom stereocenters. The number of rotatable bonds is 11. The highest BCUT2D eigenvalue weighted by Crippen LogP contribution is 2.33. The monoisotopic (exact) mass is 469 g/mol. The van der Waals surface area contributed by atoms with E-state index in [0.717, 1.165) is 47.8 Å². The molecule has 1 aliphatic heterocycles. The Kier molecular flexibility index (Phi) is 10.2. The van der Waals surface area contributed by atoms with E-state index in [1.807, 2.05) is 56.3 Å². The van der Waals surface area contributed by atoms with E-state index in [1.54, 1.807) is 11.8 Å². The molecule has 2 amide bonds. The number of hydrogen-bond donors (Lipinski definition) is 2. The Balaban J connectivity index is 1.47. The first-order chi connectivity index (χ1) is 16.1. The molecule has 7 heteroatoms. The van der Waals surface area contributed by atoms with Gasteiger partial charge >= 0.3 is 0 Å². The highest BCUT2D eigenvalue weighted by molar-refractivity contribution is 7.99. The third-order valence-corrected chi connectivity index (χ3v) is 7.00. The van der Waals surface area contributed by atoms with Gasteiger partial charge in [0.2, 0.25) is 11.8 Å². The fraction of sp³-hybridized carbons (Fsp3) is 0.462. The molecular formula is C26H35N3O3S. The zero-order valence-electron chi connectivity index (χ0n) is 19.6. The number of nitrogens with zero attached hydrogens (tertiary/aromatic N) is 1. The first-order valence-corrected chi connectivity index (χ1v) is 12.6. The first kappa shape index (κ1) is 25.3. The summed E-state index contributed by atoms with van der Waals surface area (Å²) in [6.45, 7) is 7.42. The topological polar surface area (TPSA) is 70.7 Å². The molecule has 0 aliphatic carbocycles. The van der Waals surface area contributed by atoms with E-state index in [1.165, 1.54) is 0 Å². The summed E-state index contributed by atoms with van der Waals surface area (Å²) in [5.41, 5.74) is 0.824. The van der Waals surface area contributed by atoms with Gasteiger partial charge in [-0.2, -0.15) is 0 Å². The van der Waals surface area contributed by atoms with Crippen molar-refractivity contribution in [3.63, 3.8) is 0 Å². The Labute approximate surface area is 201 Å². The van der Waals surface area contributed by atoms with Gasteiger partial charge in [0, 0.05) is 35.5 Å². The van der Waals surface area contributed by atoms with E-state index >= 15 is 0 Å². The number of amides is 2. The third kappa shape index (κ3) is 7.88. The number of piperidine rings is 1. The Morgan fingerprint density at radius 3 is 2.52 bits per heavy atom. The van der Waals surface area contributed by atoms with E-state index in [4.69, 9.17) is 4.74 Å². The number of carbonyl (C=O) groups is 2. The van der Waals surface area contributed by atoms with Crippen molar-refractivity contribution in [3.8, 4) is 0 Å². The molecule has 1 heterocycles. The Bertz CT molecular complexity index is 885. The maximum atomic E-state index is 13.0. The molecule has 1 aliphatic rings. The molecule has 1 fully saturated rings. The Morgan fingerprint density at radius 2 is 1.79 bits per heavy atom. The van der Waals surface area contributed by atoms with Crippen LogP contribution in [0.5, 0.6) is 0 Å². The average Bonchev–Trinajstić information content (AvgIpc) is 2.85. The largest absolute Gasteiger partial charge is 0.382 e. The normalized spacial score (nSPS) is 15.7. The van der Waals surface area contributed by atoms with Crippen LogP contribution in [-0.4, -0.2) is 55.6 Å². The van der Waals surface area contributed by atoms with Crippen molar-refractivity contribution in [2.75, 3.05) is 38.2 Å². The predicted octanol–water partition coefficient (Wildman–Crippen LogP) is 4.42. The Morgan fingerprint density at radius 1 is 1.09 bits per heavy atom. The van der Waals surface area contributed by atoms with Crippen molar-refractivity contribution in [1.82, 2.24) is 10.2 Å². The molecule has 0 aromatic heterocycles. The zero-order chi connectivity index (χ0) is 23.5. The van der Waals surface area contributed by atoms with Gasteiger partial charge in [0.05, 0.1) is 11.7 Å². The average molecular weight is 470 g/mol. The lowest BCUT2D eigenvalue weighted by Gasteiger charge is -2.34. The molecule has 3 rings (SSSR count). The lowest BCUT2D eigenvalue weighted by molar-refractivity contribution is -0.127. The van der Waals surface area contributed by atoms with Crippen LogP contribution < -0.4 is 10.6 Å². The van der Waals surface area contributed by atoms with Crippen LogP contribution in [0, 0.1) is 5.92 Å². The molecule has 33 heavy (non-hydrogen) atoms. The van der Waals surface area contributed by atoms with Crippen molar-refractivity contribution in [2.24, 2.45) is 5.92 Å². The quantitative estimate of drug-likeness (QED) is 0.477. The summed E-state index contributed by atoms with van der Waals surface area (Å²) in [6, 6.07) is 17.8. The van der Waals surface area contributed by atoms with Gasteiger partial charge in [-0.3, -0.25) is 14.5 Å². The lowest BCUT2D eigenvalue weighted by atomic mass is 9.95. The third-order valence-electron chi connectivity index (χ3n) is 5.91. The van der Waals surface area contributed by atoms with Gasteiger partial charge in [0.1, 0.15) is 0 Å². The number of hydrogen-bond acceptors (Lipinski definition) is 5. The number of para-hydroxylation sites is 1. The maximum absolute atomic E-state index is 13.0. The lowest BCUT2D eigenvalue weighted by Crippen LogP contribution is -2.48. The van der Waals surface area contributed by atoms with E-state index in [2.05, 4.69) is 27.7 Å². The van der Waals surface area contributed by atoms with Crippen LogP contribution >= 0.6 is 11.8 Å². The molecule has 0 saturated carbocycles. The van der Waals surface area contributed by atoms with Crippen LogP contribution in [0.4, 0.5) is 5.69 Å². The highest BCUT2D eigenvalue weighted by Gasteiger charge is 2.29. The number of nitrogens with one attached hydrogen (secondary N) is 2. The second-order valence-corrected chi connectivity index (χ2v) is 9.34. The van der Waals surface area contributed by atoms with Crippen LogP contribution in [-0.2, 0) is 14.3 Å². The molecule has 0 radical (unpaired) electrons. The molecule has 2 aromatic carbocycles. The van der Waals surface area contributed by atoms with Crippen molar-refractivity contribution in [3.05, 3.63) is 54.6 Å². The maximum Gasteiger partial charge on any atom is 0.241 e. The second-order valence-electron chi connectivity index (χ2n) is 8.23. The van der Waals surface area contributed by atoms with Gasteiger partial charge in [-0.05, 0) is 70.5 Å². The minimum atomic E-state index is -0.255. The number of ether oxygens (including phenoxy) is 1. The number of benzene rings is 2. The van der Waals surface area contributed by atoms with Gasteiger partial charge in [-0.25, -0.2) is 0 Å². The minimum Gasteiger partial charge on any atom is -0.382 e. The van der Waals surface area contributed by atoms with Gasteiger partial charge in [0.15, 0.2) is 0 Å². The van der Waals surface area contributed by atoms with Gasteiger partial charge in [-0.1, -0.05) is 42.1 Å². The number of anilines is 1. The highest BCUT2D eigenvalue weighted by atomic mass is 32.2. The molecule has 0 bridgehead atoms. The fourth-order valence-electron chi connectivity index (χ4n) is 3.90. The van der Waals surface area contributed by atoms with E-state index in [0.29, 0.717) is 19.8 Å². The van der Waals surface area contributed by atoms with E-state index < -0.39 is 0 Å². The van der Waals surface area contributed by atoms with Crippen LogP contribution in [0.3, 0.4) is 0 Å².